The summed E-state index contributed by atoms with van der Waals surface area (Å²) in [4.78, 5) is 39.9. The van der Waals surface area contributed by atoms with Gasteiger partial charge in [0.25, 0.3) is 11.1 Å². The SMILES string of the molecule is O=C(NCCN1C(=O)CSC1=O)c1coc(-c2ccc(C(F)(F)F)cc2)n1. The minimum Gasteiger partial charge on any atom is -0.444 e. The highest BCUT2D eigenvalue weighted by atomic mass is 32.2. The summed E-state index contributed by atoms with van der Waals surface area (Å²) in [6, 6.07) is 4.17. The van der Waals surface area contributed by atoms with Crippen molar-refractivity contribution in [2.75, 3.05) is 18.8 Å². The zero-order valence-electron chi connectivity index (χ0n) is 13.6. The van der Waals surface area contributed by atoms with E-state index in [4.69, 9.17) is 4.42 Å². The van der Waals surface area contributed by atoms with Crippen molar-refractivity contribution in [1.29, 1.82) is 0 Å². The molecule has 7 nitrogen and oxygen atoms in total. The summed E-state index contributed by atoms with van der Waals surface area (Å²) in [7, 11) is 0. The van der Waals surface area contributed by atoms with E-state index in [1.165, 1.54) is 12.1 Å². The Kier molecular flexibility index (Phi) is 5.22. The second-order valence-corrected chi connectivity index (χ2v) is 6.40. The van der Waals surface area contributed by atoms with E-state index in [9.17, 15) is 27.6 Å². The molecule has 1 saturated heterocycles. The van der Waals surface area contributed by atoms with Gasteiger partial charge in [0.15, 0.2) is 5.69 Å². The van der Waals surface area contributed by atoms with Gasteiger partial charge in [-0.2, -0.15) is 13.2 Å². The molecule has 0 saturated carbocycles. The maximum absolute atomic E-state index is 12.6. The average molecular weight is 399 g/mol. The smallest absolute Gasteiger partial charge is 0.416 e. The van der Waals surface area contributed by atoms with Crippen LogP contribution in [0.1, 0.15) is 16.1 Å². The fraction of sp³-hybridized carbons (Fsp3) is 0.250. The van der Waals surface area contributed by atoms with Crippen LogP contribution in [0.4, 0.5) is 18.0 Å². The van der Waals surface area contributed by atoms with Gasteiger partial charge in [-0.15, -0.1) is 0 Å². The Hall–Kier alpha value is -2.82. The third-order valence-electron chi connectivity index (χ3n) is 3.66. The van der Waals surface area contributed by atoms with E-state index >= 15 is 0 Å². The molecule has 1 N–H and O–H groups in total. The van der Waals surface area contributed by atoms with Gasteiger partial charge in [0.2, 0.25) is 11.8 Å². The van der Waals surface area contributed by atoms with Gasteiger partial charge in [-0.1, -0.05) is 11.8 Å². The number of carbonyl (C=O) groups is 3. The number of benzene rings is 1. The van der Waals surface area contributed by atoms with Crippen LogP contribution < -0.4 is 5.32 Å². The second-order valence-electron chi connectivity index (χ2n) is 5.47. The Morgan fingerprint density at radius 3 is 2.56 bits per heavy atom. The number of halogens is 3. The molecule has 11 heteroatoms. The number of imide groups is 1. The van der Waals surface area contributed by atoms with Crippen LogP contribution >= 0.6 is 11.8 Å². The topological polar surface area (TPSA) is 92.5 Å². The van der Waals surface area contributed by atoms with Crippen molar-refractivity contribution in [3.8, 4) is 11.5 Å². The summed E-state index contributed by atoms with van der Waals surface area (Å²) in [5, 5.41) is 2.13. The van der Waals surface area contributed by atoms with Crippen molar-refractivity contribution < 1.29 is 32.0 Å². The molecular weight excluding hydrogens is 387 g/mol. The molecule has 1 aromatic heterocycles. The number of amides is 3. The zero-order valence-corrected chi connectivity index (χ0v) is 14.4. The number of hydrogen-bond donors (Lipinski definition) is 1. The Balaban J connectivity index is 1.59. The van der Waals surface area contributed by atoms with E-state index in [-0.39, 0.29) is 47.1 Å². The van der Waals surface area contributed by atoms with Gasteiger partial charge in [-0.25, -0.2) is 4.98 Å². The van der Waals surface area contributed by atoms with Crippen LogP contribution in [-0.4, -0.2) is 45.8 Å². The fourth-order valence-corrected chi connectivity index (χ4v) is 3.03. The molecule has 0 atom stereocenters. The number of nitrogens with one attached hydrogen (secondary N) is 1. The molecule has 142 valence electrons. The van der Waals surface area contributed by atoms with E-state index in [1.807, 2.05) is 0 Å². The van der Waals surface area contributed by atoms with Crippen molar-refractivity contribution in [2.24, 2.45) is 0 Å². The van der Waals surface area contributed by atoms with E-state index in [0.717, 1.165) is 35.1 Å². The first-order valence-corrected chi connectivity index (χ1v) is 8.63. The van der Waals surface area contributed by atoms with Gasteiger partial charge in [0.1, 0.15) is 6.26 Å². The van der Waals surface area contributed by atoms with Crippen LogP contribution in [0.2, 0.25) is 0 Å². The maximum atomic E-state index is 12.6. The van der Waals surface area contributed by atoms with Gasteiger partial charge in [0, 0.05) is 18.7 Å². The highest BCUT2D eigenvalue weighted by Crippen LogP contribution is 2.30. The number of thioether (sulfide) groups is 1. The molecule has 2 aromatic rings. The van der Waals surface area contributed by atoms with Crippen molar-refractivity contribution >= 4 is 28.8 Å². The van der Waals surface area contributed by atoms with E-state index < -0.39 is 17.6 Å². The molecule has 1 aromatic carbocycles. The van der Waals surface area contributed by atoms with Gasteiger partial charge < -0.3 is 9.73 Å². The van der Waals surface area contributed by atoms with Crippen LogP contribution in [0.5, 0.6) is 0 Å². The zero-order chi connectivity index (χ0) is 19.6. The minimum absolute atomic E-state index is 0.00447. The van der Waals surface area contributed by atoms with Gasteiger partial charge in [-0.05, 0) is 24.3 Å². The summed E-state index contributed by atoms with van der Waals surface area (Å²) in [6.45, 7) is 0.0827. The average Bonchev–Trinajstić information content (AvgIpc) is 3.23. The van der Waals surface area contributed by atoms with Gasteiger partial charge >= 0.3 is 6.18 Å². The predicted molar refractivity (Wildman–Crippen MR) is 88.8 cm³/mol. The van der Waals surface area contributed by atoms with Crippen molar-refractivity contribution in [3.63, 3.8) is 0 Å². The highest BCUT2D eigenvalue weighted by molar-refractivity contribution is 8.14. The Morgan fingerprint density at radius 1 is 1.26 bits per heavy atom. The van der Waals surface area contributed by atoms with Crippen molar-refractivity contribution in [1.82, 2.24) is 15.2 Å². The number of hydrogen-bond acceptors (Lipinski definition) is 6. The monoisotopic (exact) mass is 399 g/mol. The molecule has 0 unspecified atom stereocenters. The predicted octanol–water partition coefficient (Wildman–Crippen LogP) is 2.79. The number of carbonyl (C=O) groups excluding carboxylic acids is 3. The lowest BCUT2D eigenvalue weighted by Crippen LogP contribution is -2.37. The molecule has 1 fully saturated rings. The van der Waals surface area contributed by atoms with Crippen LogP contribution in [-0.2, 0) is 11.0 Å². The summed E-state index contributed by atoms with van der Waals surface area (Å²) in [6.07, 6.45) is -3.37. The largest absolute Gasteiger partial charge is 0.444 e. The highest BCUT2D eigenvalue weighted by Gasteiger charge is 2.30. The number of oxazole rings is 1. The Morgan fingerprint density at radius 2 is 1.96 bits per heavy atom. The number of aromatic nitrogens is 1. The number of rotatable bonds is 5. The quantitative estimate of drug-likeness (QED) is 0.831. The summed E-state index contributed by atoms with van der Waals surface area (Å²) < 4.78 is 42.9. The van der Waals surface area contributed by atoms with Crippen molar-refractivity contribution in [3.05, 3.63) is 41.8 Å². The fourth-order valence-electron chi connectivity index (χ4n) is 2.28. The standard InChI is InChI=1S/C16H12F3N3O4S/c17-16(18,19)10-3-1-9(2-4-10)14-21-11(7-26-14)13(24)20-5-6-22-12(23)8-27-15(22)25/h1-4,7H,5-6,8H2,(H,20,24). The number of nitrogens with zero attached hydrogens (tertiary/aromatic N) is 2. The molecule has 3 rings (SSSR count). The molecule has 1 aliphatic rings. The third-order valence-corrected chi connectivity index (χ3v) is 4.52. The van der Waals surface area contributed by atoms with Crippen LogP contribution in [0.3, 0.4) is 0 Å². The first kappa shape index (κ1) is 19.0. The number of alkyl halides is 3. The van der Waals surface area contributed by atoms with Crippen LogP contribution in [0.15, 0.2) is 34.9 Å². The summed E-state index contributed by atoms with van der Waals surface area (Å²) >= 11 is 0.899. The lowest BCUT2D eigenvalue weighted by molar-refractivity contribution is -0.137. The van der Waals surface area contributed by atoms with Gasteiger partial charge in [-0.3, -0.25) is 19.3 Å². The van der Waals surface area contributed by atoms with E-state index in [2.05, 4.69) is 10.3 Å². The van der Waals surface area contributed by atoms with Crippen molar-refractivity contribution in [2.45, 2.75) is 6.18 Å². The Labute approximate surface area is 154 Å². The molecule has 1 aliphatic heterocycles. The summed E-state index contributed by atoms with van der Waals surface area (Å²) in [5.41, 5.74) is -0.592. The van der Waals surface area contributed by atoms with E-state index in [1.54, 1.807) is 0 Å². The van der Waals surface area contributed by atoms with Crippen LogP contribution in [0, 0.1) is 0 Å². The molecule has 3 amide bonds. The first-order chi connectivity index (χ1) is 12.8. The minimum atomic E-state index is -4.45. The Bertz CT molecular complexity index is 864. The normalized spacial score (nSPS) is 14.7. The molecule has 0 bridgehead atoms. The first-order valence-electron chi connectivity index (χ1n) is 7.64. The molecule has 0 aliphatic carbocycles. The molecule has 0 radical (unpaired) electrons. The van der Waals surface area contributed by atoms with E-state index in [0.29, 0.717) is 0 Å². The summed E-state index contributed by atoms with van der Waals surface area (Å²) in [5.74, 6) is -0.823. The maximum Gasteiger partial charge on any atom is 0.416 e. The molecule has 2 heterocycles. The lowest BCUT2D eigenvalue weighted by Gasteiger charge is -2.12. The van der Waals surface area contributed by atoms with Gasteiger partial charge in [0.05, 0.1) is 11.3 Å². The third kappa shape index (κ3) is 4.30. The lowest BCUT2D eigenvalue weighted by atomic mass is 10.1. The molecular formula is C16H12F3N3O4S. The molecule has 0 spiro atoms. The van der Waals surface area contributed by atoms with Crippen LogP contribution in [0.25, 0.3) is 11.5 Å². The molecule has 27 heavy (non-hydrogen) atoms. The second kappa shape index (κ2) is 7.43.